The summed E-state index contributed by atoms with van der Waals surface area (Å²) in [5, 5.41) is 11.4. The molecule has 2 aliphatic carbocycles. The van der Waals surface area contributed by atoms with E-state index < -0.39 is 0 Å². The summed E-state index contributed by atoms with van der Waals surface area (Å²) in [6.07, 6.45) is 9.13. The van der Waals surface area contributed by atoms with Gasteiger partial charge in [-0.15, -0.1) is 0 Å². The Morgan fingerprint density at radius 2 is 1.83 bits per heavy atom. The van der Waals surface area contributed by atoms with Gasteiger partial charge in [-0.2, -0.15) is 0 Å². The van der Waals surface area contributed by atoms with Gasteiger partial charge in [0.1, 0.15) is 17.8 Å². The number of rotatable bonds is 11. The molecule has 7 rings (SSSR count). The van der Waals surface area contributed by atoms with Crippen LogP contribution in [0.1, 0.15) is 72.1 Å². The number of ketones is 1. The van der Waals surface area contributed by atoms with Crippen LogP contribution in [-0.2, 0) is 27.8 Å². The molecule has 1 aliphatic heterocycles. The summed E-state index contributed by atoms with van der Waals surface area (Å²) >= 11 is 0. The molecule has 1 amide bonds. The lowest BCUT2D eigenvalue weighted by molar-refractivity contribution is -0.131. The number of hydrogen-bond donors (Lipinski definition) is 1. The topological polar surface area (TPSA) is 83.2 Å². The monoisotopic (exact) mass is 634 g/mol. The summed E-state index contributed by atoms with van der Waals surface area (Å²) in [5.74, 6) is 0.449. The molecule has 3 aliphatic rings. The molecule has 3 heterocycles. The smallest absolute Gasteiger partial charge is 0.246 e. The maximum atomic E-state index is 13.9. The minimum Gasteiger partial charge on any atom is -0.504 e. The van der Waals surface area contributed by atoms with Gasteiger partial charge in [-0.05, 0) is 74.1 Å². The Morgan fingerprint density at radius 1 is 1.09 bits per heavy atom. The number of hydrogen-bond acceptors (Lipinski definition) is 6. The van der Waals surface area contributed by atoms with Crippen LogP contribution >= 0.6 is 0 Å². The van der Waals surface area contributed by atoms with Crippen molar-refractivity contribution in [2.45, 2.75) is 69.9 Å². The minimum absolute atomic E-state index is 0.0399. The average Bonchev–Trinajstić information content (AvgIpc) is 3.62. The Morgan fingerprint density at radius 3 is 2.55 bits per heavy atom. The predicted octanol–water partition coefficient (Wildman–Crippen LogP) is 6.88. The van der Waals surface area contributed by atoms with Gasteiger partial charge in [0.05, 0.1) is 0 Å². The highest BCUT2D eigenvalue weighted by Crippen LogP contribution is 2.61. The van der Waals surface area contributed by atoms with Gasteiger partial charge in [0, 0.05) is 54.9 Å². The van der Waals surface area contributed by atoms with E-state index in [9.17, 15) is 14.7 Å². The number of carbonyl (C=O) groups is 2. The number of Topliss-reactive ketones (excluding diaryl/α,β-unsaturated/α-hetero) is 1. The fourth-order valence-corrected chi connectivity index (χ4v) is 9.17. The lowest BCUT2D eigenvalue weighted by Gasteiger charge is -2.60. The number of phenols is 1. The van der Waals surface area contributed by atoms with Gasteiger partial charge >= 0.3 is 0 Å². The van der Waals surface area contributed by atoms with Gasteiger partial charge in [-0.1, -0.05) is 74.5 Å². The second kappa shape index (κ2) is 12.9. The van der Waals surface area contributed by atoms with Gasteiger partial charge in [-0.3, -0.25) is 14.5 Å². The standard InChI is InChI=1S/C40H46N2O5/c1-26(2)24-42(34(44)17-14-27-10-6-4-7-11-27)29-15-16-31-32-22-30-36(39-37(45)35(38(30)47-39)33(43)25-46-3)40(31,23-29)19-21-41(32)20-18-28-12-8-5-9-13-28/h4-14,17,26,29,31-32,45H,15-16,18-25H2,1-3H3/t29?,31-,32+,40-/m0/s1. The van der Waals surface area contributed by atoms with Crippen molar-refractivity contribution in [3.05, 3.63) is 94.6 Å². The number of aromatic hydroxyl groups is 1. The molecule has 2 aromatic heterocycles. The summed E-state index contributed by atoms with van der Waals surface area (Å²) in [5.41, 5.74) is 5.55. The number of nitrogens with zero attached hydrogens (tertiary/aromatic N) is 2. The van der Waals surface area contributed by atoms with Crippen molar-refractivity contribution < 1.29 is 23.8 Å². The van der Waals surface area contributed by atoms with Crippen LogP contribution in [0.15, 0.2) is 71.2 Å². The number of amides is 1. The van der Waals surface area contributed by atoms with E-state index in [4.69, 9.17) is 9.15 Å². The van der Waals surface area contributed by atoms with E-state index in [1.165, 1.54) is 12.7 Å². The van der Waals surface area contributed by atoms with Crippen LogP contribution in [0, 0.1) is 11.8 Å². The van der Waals surface area contributed by atoms with Gasteiger partial charge in [0.15, 0.2) is 17.1 Å². The Bertz CT molecular complexity index is 1740. The van der Waals surface area contributed by atoms with Crippen molar-refractivity contribution in [1.82, 2.24) is 9.80 Å². The number of carbonyl (C=O) groups excluding carboxylic acids is 2. The summed E-state index contributed by atoms with van der Waals surface area (Å²) in [6, 6.07) is 21.0. The largest absolute Gasteiger partial charge is 0.504 e. The van der Waals surface area contributed by atoms with Gasteiger partial charge < -0.3 is 19.2 Å². The maximum absolute atomic E-state index is 13.9. The number of piperidine rings is 1. The second-order valence-corrected chi connectivity index (χ2v) is 14.3. The van der Waals surface area contributed by atoms with E-state index >= 15 is 0 Å². The lowest BCUT2D eigenvalue weighted by atomic mass is 9.51. The molecular weight excluding hydrogens is 588 g/mol. The van der Waals surface area contributed by atoms with Crippen LogP contribution in [0.25, 0.3) is 17.2 Å². The van der Waals surface area contributed by atoms with Crippen molar-refractivity contribution in [1.29, 1.82) is 0 Å². The molecule has 2 fully saturated rings. The molecule has 7 heteroatoms. The fraction of sp³-hybridized carbons (Fsp3) is 0.450. The molecule has 1 saturated heterocycles. The zero-order valence-electron chi connectivity index (χ0n) is 27.8. The highest BCUT2D eigenvalue weighted by atomic mass is 16.5. The Labute approximate surface area is 277 Å². The molecule has 0 radical (unpaired) electrons. The third kappa shape index (κ3) is 5.67. The highest BCUT2D eigenvalue weighted by Gasteiger charge is 2.59. The summed E-state index contributed by atoms with van der Waals surface area (Å²) in [6.45, 7) is 6.85. The SMILES string of the molecule is COCC(=O)c1c(O)c2oc1c1c2[C@]23CCN(CCc4ccccc4)[C@H](C1)[C@@H]2CCC(N(CC(C)C)C(=O)C=Cc1ccccc1)C3. The Balaban J connectivity index is 1.25. The van der Waals surface area contributed by atoms with Crippen molar-refractivity contribution in [3.8, 4) is 5.75 Å². The number of furan rings is 2. The molecule has 7 nitrogen and oxygen atoms in total. The molecular formula is C40H46N2O5. The molecule has 0 spiro atoms. The van der Waals surface area contributed by atoms with Crippen molar-refractivity contribution in [2.24, 2.45) is 11.8 Å². The van der Waals surface area contributed by atoms with Crippen LogP contribution < -0.4 is 0 Å². The molecule has 246 valence electrons. The summed E-state index contributed by atoms with van der Waals surface area (Å²) in [7, 11) is 1.49. The quantitative estimate of drug-likeness (QED) is 0.143. The number of benzene rings is 3. The third-order valence-corrected chi connectivity index (χ3v) is 11.1. The lowest BCUT2D eigenvalue weighted by Crippen LogP contribution is -2.64. The van der Waals surface area contributed by atoms with Crippen molar-refractivity contribution >= 4 is 28.9 Å². The first kappa shape index (κ1) is 31.6. The second-order valence-electron chi connectivity index (χ2n) is 14.3. The predicted molar refractivity (Wildman–Crippen MR) is 184 cm³/mol. The van der Waals surface area contributed by atoms with Crippen LogP contribution in [-0.4, -0.2) is 72.0 Å². The van der Waals surface area contributed by atoms with E-state index in [0.717, 1.165) is 68.3 Å². The van der Waals surface area contributed by atoms with E-state index in [1.54, 1.807) is 6.08 Å². The Hall–Kier alpha value is -3.94. The number of fused-ring (bicyclic) bond motifs is 5. The van der Waals surface area contributed by atoms with E-state index in [2.05, 4.69) is 54.0 Å². The van der Waals surface area contributed by atoms with Crippen LogP contribution in [0.5, 0.6) is 5.75 Å². The van der Waals surface area contributed by atoms with E-state index in [-0.39, 0.29) is 41.1 Å². The summed E-state index contributed by atoms with van der Waals surface area (Å²) in [4.78, 5) is 31.8. The molecule has 4 atom stereocenters. The number of methoxy groups -OCH3 is 1. The zero-order valence-corrected chi connectivity index (χ0v) is 27.8. The molecule has 47 heavy (non-hydrogen) atoms. The molecule has 2 aromatic carbocycles. The minimum atomic E-state index is -0.257. The van der Waals surface area contributed by atoms with Gasteiger partial charge in [-0.25, -0.2) is 0 Å². The highest BCUT2D eigenvalue weighted by molar-refractivity contribution is 6.10. The van der Waals surface area contributed by atoms with Crippen LogP contribution in [0.2, 0.25) is 0 Å². The van der Waals surface area contributed by atoms with Crippen molar-refractivity contribution in [2.75, 3.05) is 33.4 Å². The number of phenolic OH excluding ortho intramolecular Hbond substituents is 1. The molecule has 4 bridgehead atoms. The molecule has 1 saturated carbocycles. The molecule has 4 aromatic rings. The van der Waals surface area contributed by atoms with Gasteiger partial charge in [0.25, 0.3) is 0 Å². The van der Waals surface area contributed by atoms with Crippen LogP contribution in [0.3, 0.4) is 0 Å². The summed E-state index contributed by atoms with van der Waals surface area (Å²) < 4.78 is 11.5. The van der Waals surface area contributed by atoms with E-state index in [0.29, 0.717) is 35.6 Å². The zero-order chi connectivity index (χ0) is 32.7. The first-order valence-electron chi connectivity index (χ1n) is 17.2. The Kier molecular flexibility index (Phi) is 8.71. The first-order chi connectivity index (χ1) is 22.8. The third-order valence-electron chi connectivity index (χ3n) is 11.1. The fourth-order valence-electron chi connectivity index (χ4n) is 9.17. The van der Waals surface area contributed by atoms with Gasteiger partial charge in [0.2, 0.25) is 5.91 Å². The maximum Gasteiger partial charge on any atom is 0.246 e. The molecule has 1 N–H and O–H groups in total. The number of likely N-dealkylation sites (tertiary alicyclic amines) is 1. The average molecular weight is 635 g/mol. The number of ether oxygens (including phenoxy) is 1. The van der Waals surface area contributed by atoms with Crippen molar-refractivity contribution in [3.63, 3.8) is 0 Å². The first-order valence-corrected chi connectivity index (χ1v) is 17.2. The normalized spacial score (nSPS) is 24.1. The van der Waals surface area contributed by atoms with Crippen LogP contribution in [0.4, 0.5) is 0 Å². The molecule has 1 unspecified atom stereocenters. The van der Waals surface area contributed by atoms with E-state index in [1.807, 2.05) is 36.4 Å².